The molecule has 10 heteroatoms. The molecular weight excluding hydrogens is 429 g/mol. The quantitative estimate of drug-likeness (QED) is 0.575. The maximum Gasteiger partial charge on any atom is 0.416 e. The molecule has 1 aliphatic heterocycles. The second-order valence-corrected chi connectivity index (χ2v) is 9.59. The molecule has 0 amide bonds. The average molecular weight is 453 g/mol. The van der Waals surface area contributed by atoms with Gasteiger partial charge in [0.15, 0.2) is 5.65 Å². The number of aromatic nitrogens is 3. The fourth-order valence-electron chi connectivity index (χ4n) is 4.07. The Morgan fingerprint density at radius 3 is 2.39 bits per heavy atom. The zero-order valence-electron chi connectivity index (χ0n) is 17.0. The van der Waals surface area contributed by atoms with Crippen LogP contribution >= 0.6 is 0 Å². The fourth-order valence-corrected chi connectivity index (χ4v) is 5.54. The van der Waals surface area contributed by atoms with Gasteiger partial charge in [-0.25, -0.2) is 18.4 Å². The van der Waals surface area contributed by atoms with E-state index in [4.69, 9.17) is 4.98 Å². The first-order valence-corrected chi connectivity index (χ1v) is 11.6. The zero-order chi connectivity index (χ0) is 22.2. The fraction of sp³-hybridized carbons (Fsp3) is 0.429. The van der Waals surface area contributed by atoms with Gasteiger partial charge in [-0.1, -0.05) is 6.92 Å². The van der Waals surface area contributed by atoms with Crippen molar-refractivity contribution < 1.29 is 21.6 Å². The van der Waals surface area contributed by atoms with Crippen molar-refractivity contribution in [1.29, 1.82) is 0 Å². The Bertz CT molecular complexity index is 1170. The van der Waals surface area contributed by atoms with Crippen LogP contribution in [0.4, 0.5) is 13.2 Å². The highest BCUT2D eigenvalue weighted by Gasteiger charge is 2.34. The number of nitrogens with zero attached hydrogens (tertiary/aromatic N) is 4. The van der Waals surface area contributed by atoms with Gasteiger partial charge in [-0.2, -0.15) is 17.5 Å². The molecule has 1 aromatic carbocycles. The lowest BCUT2D eigenvalue weighted by Gasteiger charge is -2.32. The minimum absolute atomic E-state index is 0.0699. The van der Waals surface area contributed by atoms with Gasteiger partial charge in [0, 0.05) is 31.7 Å². The molecule has 0 unspecified atom stereocenters. The molecule has 3 heterocycles. The molecule has 1 fully saturated rings. The molecule has 0 aliphatic carbocycles. The third-order valence-electron chi connectivity index (χ3n) is 5.60. The zero-order valence-corrected chi connectivity index (χ0v) is 17.8. The number of rotatable bonds is 5. The van der Waals surface area contributed by atoms with Crippen LogP contribution in [0, 0.1) is 0 Å². The number of pyridine rings is 1. The molecule has 1 aliphatic rings. The molecule has 1 saturated heterocycles. The van der Waals surface area contributed by atoms with Gasteiger partial charge in [0.2, 0.25) is 10.0 Å². The van der Waals surface area contributed by atoms with Gasteiger partial charge >= 0.3 is 6.18 Å². The van der Waals surface area contributed by atoms with Crippen LogP contribution in [0.1, 0.15) is 43.6 Å². The van der Waals surface area contributed by atoms with E-state index in [-0.39, 0.29) is 24.0 Å². The lowest BCUT2D eigenvalue weighted by Crippen LogP contribution is -2.39. The second kappa shape index (κ2) is 8.23. The number of piperidine rings is 1. The molecule has 3 aromatic rings. The number of aryl methyl sites for hydroxylation is 1. The summed E-state index contributed by atoms with van der Waals surface area (Å²) in [7, 11) is -3.85. The number of alkyl halides is 3. The van der Waals surface area contributed by atoms with Crippen molar-refractivity contribution in [1.82, 2.24) is 18.8 Å². The molecule has 166 valence electrons. The van der Waals surface area contributed by atoms with E-state index in [1.165, 1.54) is 4.31 Å². The number of benzene rings is 1. The molecule has 0 atom stereocenters. The van der Waals surface area contributed by atoms with E-state index in [0.717, 1.165) is 54.1 Å². The van der Waals surface area contributed by atoms with Crippen LogP contribution in [0.25, 0.3) is 11.2 Å². The van der Waals surface area contributed by atoms with Crippen LogP contribution in [0.2, 0.25) is 0 Å². The van der Waals surface area contributed by atoms with Crippen molar-refractivity contribution >= 4 is 21.2 Å². The summed E-state index contributed by atoms with van der Waals surface area (Å²) >= 11 is 0. The number of imidazole rings is 1. The molecule has 0 saturated carbocycles. The number of hydrogen-bond acceptors (Lipinski definition) is 4. The standard InChI is InChI=1S/C21H23F3N4O2S/c1-2-4-19-26-18-5-3-12-25-20(18)28(19)16-10-13-27(14-11-16)31(29,30)17-8-6-15(7-9-17)21(22,23)24/h3,5-9,12,16H,2,4,10-11,13-14H2,1H3. The predicted octanol–water partition coefficient (Wildman–Crippen LogP) is 4.43. The monoisotopic (exact) mass is 452 g/mol. The second-order valence-electron chi connectivity index (χ2n) is 7.65. The van der Waals surface area contributed by atoms with Gasteiger partial charge in [-0.05, 0) is 55.7 Å². The van der Waals surface area contributed by atoms with Crippen molar-refractivity contribution in [3.63, 3.8) is 0 Å². The summed E-state index contributed by atoms with van der Waals surface area (Å²) < 4.78 is 67.7. The smallest absolute Gasteiger partial charge is 0.309 e. The normalized spacial score (nSPS) is 16.8. The number of fused-ring (bicyclic) bond motifs is 1. The first-order valence-electron chi connectivity index (χ1n) is 10.2. The van der Waals surface area contributed by atoms with Crippen LogP contribution in [0.15, 0.2) is 47.5 Å². The van der Waals surface area contributed by atoms with Crippen LogP contribution in [0.3, 0.4) is 0 Å². The Hall–Kier alpha value is -2.46. The topological polar surface area (TPSA) is 68.1 Å². The molecule has 0 radical (unpaired) electrons. The van der Waals surface area contributed by atoms with Crippen molar-refractivity contribution in [3.05, 3.63) is 54.0 Å². The van der Waals surface area contributed by atoms with E-state index >= 15 is 0 Å². The highest BCUT2D eigenvalue weighted by Crippen LogP contribution is 2.33. The van der Waals surface area contributed by atoms with Crippen molar-refractivity contribution in [2.24, 2.45) is 0 Å². The van der Waals surface area contributed by atoms with Gasteiger partial charge in [0.1, 0.15) is 11.3 Å². The molecule has 0 N–H and O–H groups in total. The first-order chi connectivity index (χ1) is 14.7. The minimum atomic E-state index is -4.50. The summed E-state index contributed by atoms with van der Waals surface area (Å²) in [6.07, 6.45) is 0.126. The van der Waals surface area contributed by atoms with Crippen LogP contribution in [-0.2, 0) is 22.6 Å². The van der Waals surface area contributed by atoms with Gasteiger partial charge in [-0.15, -0.1) is 0 Å². The van der Waals surface area contributed by atoms with Gasteiger partial charge in [0.05, 0.1) is 10.5 Å². The van der Waals surface area contributed by atoms with Gasteiger partial charge in [-0.3, -0.25) is 0 Å². The lowest BCUT2D eigenvalue weighted by atomic mass is 10.1. The van der Waals surface area contributed by atoms with Crippen molar-refractivity contribution in [2.45, 2.75) is 49.7 Å². The maximum absolute atomic E-state index is 12.9. The number of halogens is 3. The summed E-state index contributed by atoms with van der Waals surface area (Å²) in [5.41, 5.74) is 0.758. The first kappa shape index (κ1) is 21.8. The summed E-state index contributed by atoms with van der Waals surface area (Å²) in [5.74, 6) is 0.945. The third-order valence-corrected chi connectivity index (χ3v) is 7.52. The van der Waals surface area contributed by atoms with E-state index < -0.39 is 21.8 Å². The largest absolute Gasteiger partial charge is 0.416 e. The SMILES string of the molecule is CCCc1nc2cccnc2n1C1CCN(S(=O)(=O)c2ccc(C(F)(F)F)cc2)CC1. The van der Waals surface area contributed by atoms with E-state index in [2.05, 4.69) is 16.5 Å². The Kier molecular flexibility index (Phi) is 5.78. The van der Waals surface area contributed by atoms with Crippen molar-refractivity contribution in [2.75, 3.05) is 13.1 Å². The van der Waals surface area contributed by atoms with E-state index in [0.29, 0.717) is 12.8 Å². The average Bonchev–Trinajstić information content (AvgIpc) is 3.11. The molecule has 0 bridgehead atoms. The van der Waals surface area contributed by atoms with E-state index in [9.17, 15) is 21.6 Å². The van der Waals surface area contributed by atoms with Crippen LogP contribution in [0.5, 0.6) is 0 Å². The Labute approximate surface area is 178 Å². The third kappa shape index (κ3) is 4.18. The van der Waals surface area contributed by atoms with Gasteiger partial charge in [0.25, 0.3) is 0 Å². The Morgan fingerprint density at radius 2 is 1.77 bits per heavy atom. The predicted molar refractivity (Wildman–Crippen MR) is 110 cm³/mol. The summed E-state index contributed by atoms with van der Waals surface area (Å²) in [6.45, 7) is 2.65. The lowest BCUT2D eigenvalue weighted by molar-refractivity contribution is -0.137. The van der Waals surface area contributed by atoms with Crippen LogP contribution in [-0.4, -0.2) is 40.3 Å². The Balaban J connectivity index is 1.54. The maximum atomic E-state index is 12.9. The molecule has 0 spiro atoms. The van der Waals surface area contributed by atoms with Crippen molar-refractivity contribution in [3.8, 4) is 0 Å². The minimum Gasteiger partial charge on any atom is -0.309 e. The van der Waals surface area contributed by atoms with E-state index in [1.54, 1.807) is 6.20 Å². The van der Waals surface area contributed by atoms with Crippen LogP contribution < -0.4 is 0 Å². The molecular formula is C21H23F3N4O2S. The summed E-state index contributed by atoms with van der Waals surface area (Å²) in [4.78, 5) is 9.05. The number of sulfonamides is 1. The van der Waals surface area contributed by atoms with Gasteiger partial charge < -0.3 is 4.57 Å². The van der Waals surface area contributed by atoms with E-state index in [1.807, 2.05) is 12.1 Å². The molecule has 4 rings (SSSR count). The molecule has 6 nitrogen and oxygen atoms in total. The number of hydrogen-bond donors (Lipinski definition) is 0. The highest BCUT2D eigenvalue weighted by molar-refractivity contribution is 7.89. The summed E-state index contributed by atoms with van der Waals surface area (Å²) in [6, 6.07) is 7.49. The highest BCUT2D eigenvalue weighted by atomic mass is 32.2. The Morgan fingerprint density at radius 1 is 1.10 bits per heavy atom. The molecule has 2 aromatic heterocycles. The summed E-state index contributed by atoms with van der Waals surface area (Å²) in [5, 5.41) is 0. The molecule has 31 heavy (non-hydrogen) atoms.